The van der Waals surface area contributed by atoms with E-state index in [9.17, 15) is 40.9 Å². The third-order valence-corrected chi connectivity index (χ3v) is 19.1. The average Bonchev–Trinajstić information content (AvgIpc) is 3.47. The predicted octanol–water partition coefficient (Wildman–Crippen LogP) is 8.14. The monoisotopic (exact) mass is 1040 g/mol. The van der Waals surface area contributed by atoms with Crippen molar-refractivity contribution < 1.29 is 59.8 Å². The van der Waals surface area contributed by atoms with Crippen molar-refractivity contribution in [2.45, 2.75) is 133 Å². The second-order valence-electron chi connectivity index (χ2n) is 20.9. The number of aliphatic hydroxyl groups excluding tert-OH is 6. The maximum atomic E-state index is 11.9. The van der Waals surface area contributed by atoms with Crippen molar-refractivity contribution in [1.29, 1.82) is 0 Å². The van der Waals surface area contributed by atoms with Crippen LogP contribution in [0, 0.1) is 46.8 Å². The zero-order valence-corrected chi connectivity index (χ0v) is 43.9. The molecule has 1 spiro atoms. The number of nitrogens with one attached hydrogen (secondary N) is 1. The number of aliphatic hydroxyl groups is 6. The lowest BCUT2D eigenvalue weighted by Gasteiger charge is -2.53. The zero-order valence-electron chi connectivity index (χ0n) is 42.2. The Labute approximate surface area is 438 Å². The fourth-order valence-electron chi connectivity index (χ4n) is 12.5. The number of fused-ring (bicyclic) bond motifs is 4. The molecule has 3 heterocycles. The second-order valence-corrected chi connectivity index (χ2v) is 23.5. The van der Waals surface area contributed by atoms with Gasteiger partial charge in [0, 0.05) is 53.5 Å². The zero-order chi connectivity index (χ0) is 51.5. The first kappa shape index (κ1) is 55.2. The van der Waals surface area contributed by atoms with Crippen LogP contribution in [-0.4, -0.2) is 116 Å². The summed E-state index contributed by atoms with van der Waals surface area (Å²) in [4.78, 5) is 4.47. The molecule has 1 aromatic heterocycles. The molecule has 398 valence electrons. The standard InChI is InChI=1S/C57H76N2O12S2/c1-35-7-11-41(12-16-48(63)39-10-15-47-38(25-39)6-5-20-59-47)57(30-35)18-3-4-19-58-31-40-9-14-43(27-46(40)57)71-52-26-37-8-13-42(69-33-61)28-49(64)45(22-36-23-53(68-2)56(67)54(24-36)70-34-62)51(66)32-72-73-55(17-21-60)44(37)29-50(52)65/h5-6,10,15,20,23-26,29,35,40-43,45-46,48-49,51,55,58,60-67H,4,7-9,11-14,16-17,19,21-22,27-28,30-34H2,1-2H3. The number of rotatable bonds is 15. The molecule has 8 rings (SSSR count). The van der Waals surface area contributed by atoms with E-state index in [4.69, 9.17) is 18.9 Å². The minimum absolute atomic E-state index is 0.00150. The van der Waals surface area contributed by atoms with E-state index in [0.29, 0.717) is 54.7 Å². The molecule has 4 aliphatic rings. The molecule has 0 amide bonds. The molecule has 2 saturated carbocycles. The number of pyridine rings is 1. The molecule has 14 nitrogen and oxygen atoms in total. The molecular formula is C57H76N2O12S2. The number of aryl methyl sites for hydroxylation is 1. The highest BCUT2D eigenvalue weighted by atomic mass is 33.1. The van der Waals surface area contributed by atoms with Gasteiger partial charge >= 0.3 is 0 Å². The maximum absolute atomic E-state index is 11.9. The second kappa shape index (κ2) is 26.2. The number of benzene rings is 3. The molecule has 12 unspecified atom stereocenters. The van der Waals surface area contributed by atoms with Crippen molar-refractivity contribution in [1.82, 2.24) is 10.3 Å². The van der Waals surface area contributed by atoms with Gasteiger partial charge in [-0.15, -0.1) is 5.92 Å². The molecule has 2 fully saturated rings. The van der Waals surface area contributed by atoms with Gasteiger partial charge < -0.3 is 65.1 Å². The van der Waals surface area contributed by atoms with Gasteiger partial charge in [0.15, 0.2) is 29.8 Å². The van der Waals surface area contributed by atoms with Crippen molar-refractivity contribution in [3.8, 4) is 40.6 Å². The van der Waals surface area contributed by atoms with E-state index in [-0.39, 0.29) is 70.9 Å². The van der Waals surface area contributed by atoms with Crippen molar-refractivity contribution in [2.24, 2.45) is 35.0 Å². The van der Waals surface area contributed by atoms with Crippen LogP contribution in [0.5, 0.6) is 28.7 Å². The molecule has 9 N–H and O–H groups in total. The molecule has 0 bridgehead atoms. The Kier molecular flexibility index (Phi) is 19.8. The van der Waals surface area contributed by atoms with Gasteiger partial charge in [-0.2, -0.15) is 0 Å². The van der Waals surface area contributed by atoms with E-state index in [2.05, 4.69) is 35.1 Å². The molecule has 2 aliphatic carbocycles. The first-order chi connectivity index (χ1) is 35.4. The number of hydrogen-bond donors (Lipinski definition) is 9. The smallest absolute Gasteiger partial charge is 0.200 e. The van der Waals surface area contributed by atoms with Crippen LogP contribution in [0.2, 0.25) is 0 Å². The number of phenols is 2. The normalized spacial score (nSPS) is 29.6. The van der Waals surface area contributed by atoms with Crippen LogP contribution < -0.4 is 19.5 Å². The Balaban J connectivity index is 1.04. The molecule has 2 aliphatic heterocycles. The quantitative estimate of drug-likeness (QED) is 0.0311. The summed E-state index contributed by atoms with van der Waals surface area (Å²) in [6.07, 6.45) is 7.75. The Morgan fingerprint density at radius 2 is 1.75 bits per heavy atom. The minimum atomic E-state index is -1.08. The number of ether oxygens (including phenoxy) is 4. The molecular weight excluding hydrogens is 969 g/mol. The lowest BCUT2D eigenvalue weighted by molar-refractivity contribution is -0.0808. The van der Waals surface area contributed by atoms with Crippen LogP contribution in [0.25, 0.3) is 10.9 Å². The van der Waals surface area contributed by atoms with Crippen LogP contribution in [0.1, 0.15) is 118 Å². The third kappa shape index (κ3) is 13.5. The molecule has 0 saturated heterocycles. The van der Waals surface area contributed by atoms with E-state index in [1.165, 1.54) is 28.7 Å². The number of nitrogens with zero attached hydrogens (tertiary/aromatic N) is 1. The van der Waals surface area contributed by atoms with Gasteiger partial charge in [0.25, 0.3) is 0 Å². The summed E-state index contributed by atoms with van der Waals surface area (Å²) in [5.41, 5.74) is 3.88. The van der Waals surface area contributed by atoms with Crippen molar-refractivity contribution in [3.05, 3.63) is 83.0 Å². The Bertz CT molecular complexity index is 2490. The Morgan fingerprint density at radius 1 is 0.904 bits per heavy atom. The van der Waals surface area contributed by atoms with Crippen molar-refractivity contribution in [2.75, 3.05) is 46.1 Å². The van der Waals surface area contributed by atoms with Gasteiger partial charge in [0.1, 0.15) is 6.79 Å². The highest BCUT2D eigenvalue weighted by Crippen LogP contribution is 2.57. The van der Waals surface area contributed by atoms with Gasteiger partial charge in [0.05, 0.1) is 43.1 Å². The lowest BCUT2D eigenvalue weighted by atomic mass is 9.51. The van der Waals surface area contributed by atoms with E-state index >= 15 is 0 Å². The van der Waals surface area contributed by atoms with Crippen molar-refractivity contribution in [3.63, 3.8) is 0 Å². The van der Waals surface area contributed by atoms with Crippen LogP contribution in [0.15, 0.2) is 60.8 Å². The van der Waals surface area contributed by atoms with Crippen LogP contribution in [0.4, 0.5) is 0 Å². The summed E-state index contributed by atoms with van der Waals surface area (Å²) in [7, 11) is 4.30. The number of aromatic nitrogens is 1. The minimum Gasteiger partial charge on any atom is -0.504 e. The molecule has 73 heavy (non-hydrogen) atoms. The van der Waals surface area contributed by atoms with Gasteiger partial charge in [0.2, 0.25) is 5.75 Å². The lowest BCUT2D eigenvalue weighted by Crippen LogP contribution is -2.50. The van der Waals surface area contributed by atoms with Crippen LogP contribution in [-0.2, 0) is 17.6 Å². The number of aromatic hydroxyl groups is 2. The van der Waals surface area contributed by atoms with E-state index in [0.717, 1.165) is 92.0 Å². The van der Waals surface area contributed by atoms with E-state index < -0.39 is 43.9 Å². The SMILES string of the molecule is COc1cc(CC2C(O)CSSC(CCO)c3cc(O)c(OC4CCC5CNCCC#CC6(CC(C)CCC6CCC(O)c6ccc7ncccc7c6)C5C4)cc3CCC(OCO)CC2O)cc(OCO)c1O. The summed E-state index contributed by atoms with van der Waals surface area (Å²) < 4.78 is 23.4. The summed E-state index contributed by atoms with van der Waals surface area (Å²) in [6, 6.07) is 16.8. The van der Waals surface area contributed by atoms with E-state index in [1.807, 2.05) is 30.3 Å². The largest absolute Gasteiger partial charge is 0.504 e. The van der Waals surface area contributed by atoms with Gasteiger partial charge in [-0.05, 0) is 172 Å². The molecule has 3 aromatic carbocycles. The fourth-order valence-corrected chi connectivity index (χ4v) is 15.4. The topological polar surface area (TPSA) is 224 Å². The van der Waals surface area contributed by atoms with Gasteiger partial charge in [-0.1, -0.05) is 53.0 Å². The summed E-state index contributed by atoms with van der Waals surface area (Å²) in [6.45, 7) is 2.74. The average molecular weight is 1050 g/mol. The van der Waals surface area contributed by atoms with E-state index in [1.54, 1.807) is 24.4 Å². The highest BCUT2D eigenvalue weighted by Gasteiger charge is 2.52. The number of hydrogen-bond acceptors (Lipinski definition) is 16. The van der Waals surface area contributed by atoms with Crippen molar-refractivity contribution >= 4 is 32.5 Å². The third-order valence-electron chi connectivity index (χ3n) is 16.2. The first-order valence-electron chi connectivity index (χ1n) is 26.3. The summed E-state index contributed by atoms with van der Waals surface area (Å²) in [5.74, 6) is 8.77. The fraction of sp³-hybridized carbons (Fsp3) is 0.596. The van der Waals surface area contributed by atoms with Gasteiger partial charge in [-0.25, -0.2) is 0 Å². The molecule has 12 atom stereocenters. The number of methoxy groups -OCH3 is 1. The number of phenolic OH excluding ortho intramolecular Hbond substituents is 2. The van der Waals surface area contributed by atoms with Crippen LogP contribution >= 0.6 is 21.6 Å². The Hall–Kier alpha value is -3.99. The first-order valence-corrected chi connectivity index (χ1v) is 28.7. The Morgan fingerprint density at radius 3 is 2.56 bits per heavy atom. The molecule has 4 aromatic rings. The highest BCUT2D eigenvalue weighted by molar-refractivity contribution is 8.76. The summed E-state index contributed by atoms with van der Waals surface area (Å²) >= 11 is 0. The van der Waals surface area contributed by atoms with Gasteiger partial charge in [-0.3, -0.25) is 4.98 Å². The molecule has 16 heteroatoms. The predicted molar refractivity (Wildman–Crippen MR) is 284 cm³/mol. The van der Waals surface area contributed by atoms with Crippen LogP contribution in [0.3, 0.4) is 0 Å². The summed E-state index contributed by atoms with van der Waals surface area (Å²) in [5, 5.41) is 92.2. The molecule has 0 radical (unpaired) electrons. The maximum Gasteiger partial charge on any atom is 0.200 e.